The van der Waals surface area contributed by atoms with Gasteiger partial charge in [-0.2, -0.15) is 0 Å². The molecule has 0 aliphatic rings. The third kappa shape index (κ3) is 4.73. The second-order valence-electron chi connectivity index (χ2n) is 5.71. The van der Waals surface area contributed by atoms with Gasteiger partial charge < -0.3 is 14.5 Å². The number of furan rings is 1. The molecule has 24 heavy (non-hydrogen) atoms. The van der Waals surface area contributed by atoms with Crippen LogP contribution in [0.4, 0.5) is 0 Å². The lowest BCUT2D eigenvalue weighted by molar-refractivity contribution is 0.302. The molecule has 3 rings (SSSR count). The minimum atomic E-state index is 0.563. The van der Waals surface area contributed by atoms with Crippen LogP contribution >= 0.6 is 15.9 Å². The number of hydrogen-bond donors (Lipinski definition) is 1. The van der Waals surface area contributed by atoms with Gasteiger partial charge in [-0.25, -0.2) is 0 Å². The third-order valence-corrected chi connectivity index (χ3v) is 4.23. The summed E-state index contributed by atoms with van der Waals surface area (Å²) >= 11 is 3.53. The highest BCUT2D eigenvalue weighted by Crippen LogP contribution is 2.24. The molecule has 2 aromatic carbocycles. The van der Waals surface area contributed by atoms with E-state index in [0.29, 0.717) is 19.7 Å². The van der Waals surface area contributed by atoms with Gasteiger partial charge in [0.2, 0.25) is 0 Å². The van der Waals surface area contributed by atoms with Crippen molar-refractivity contribution in [3.63, 3.8) is 0 Å². The Morgan fingerprint density at radius 1 is 1.04 bits per heavy atom. The molecule has 0 saturated heterocycles. The van der Waals surface area contributed by atoms with Gasteiger partial charge in [0.25, 0.3) is 0 Å². The first kappa shape index (κ1) is 16.8. The average molecular weight is 386 g/mol. The quantitative estimate of drug-likeness (QED) is 0.605. The maximum Gasteiger partial charge on any atom is 0.124 e. The van der Waals surface area contributed by atoms with Crippen LogP contribution in [-0.4, -0.2) is 0 Å². The zero-order valence-electron chi connectivity index (χ0n) is 13.6. The number of hydrogen-bond acceptors (Lipinski definition) is 3. The lowest BCUT2D eigenvalue weighted by Crippen LogP contribution is -2.13. The lowest BCUT2D eigenvalue weighted by atomic mass is 10.1. The van der Waals surface area contributed by atoms with Crippen LogP contribution in [0.15, 0.2) is 69.8 Å². The fraction of sp³-hybridized carbons (Fsp3) is 0.200. The van der Waals surface area contributed by atoms with Crippen molar-refractivity contribution in [3.05, 3.63) is 87.8 Å². The molecule has 0 bridgehead atoms. The number of nitrogens with one attached hydrogen (secondary N) is 1. The van der Waals surface area contributed by atoms with E-state index >= 15 is 0 Å². The summed E-state index contributed by atoms with van der Waals surface area (Å²) in [7, 11) is 0. The molecule has 4 heteroatoms. The van der Waals surface area contributed by atoms with Crippen LogP contribution in [0, 0.1) is 6.92 Å². The summed E-state index contributed by atoms with van der Waals surface area (Å²) in [5.74, 6) is 1.82. The first-order chi connectivity index (χ1) is 11.7. The van der Waals surface area contributed by atoms with Crippen LogP contribution in [0.2, 0.25) is 0 Å². The van der Waals surface area contributed by atoms with Crippen LogP contribution in [0.1, 0.15) is 22.5 Å². The predicted molar refractivity (Wildman–Crippen MR) is 98.9 cm³/mol. The fourth-order valence-corrected chi connectivity index (χ4v) is 2.81. The van der Waals surface area contributed by atoms with E-state index in [1.807, 2.05) is 24.3 Å². The SMILES string of the molecule is Cc1ccc(COc2ccc(Br)cc2CNCc2ccco2)cc1. The highest BCUT2D eigenvalue weighted by molar-refractivity contribution is 9.10. The number of rotatable bonds is 7. The van der Waals surface area contributed by atoms with Gasteiger partial charge in [-0.05, 0) is 42.8 Å². The summed E-state index contributed by atoms with van der Waals surface area (Å²) in [6.07, 6.45) is 1.69. The van der Waals surface area contributed by atoms with Crippen LogP contribution in [0.25, 0.3) is 0 Å². The molecular weight excluding hydrogens is 366 g/mol. The molecule has 0 spiro atoms. The summed E-state index contributed by atoms with van der Waals surface area (Å²) in [6, 6.07) is 18.3. The Kier molecular flexibility index (Phi) is 5.72. The summed E-state index contributed by atoms with van der Waals surface area (Å²) in [5, 5.41) is 3.38. The maximum atomic E-state index is 6.02. The number of ether oxygens (including phenoxy) is 1. The highest BCUT2D eigenvalue weighted by atomic mass is 79.9. The average Bonchev–Trinajstić information content (AvgIpc) is 3.09. The Balaban J connectivity index is 1.62. The van der Waals surface area contributed by atoms with Crippen LogP contribution < -0.4 is 10.1 Å². The van der Waals surface area contributed by atoms with E-state index < -0.39 is 0 Å². The van der Waals surface area contributed by atoms with Crippen molar-refractivity contribution in [2.45, 2.75) is 26.6 Å². The first-order valence-electron chi connectivity index (χ1n) is 7.90. The molecule has 3 aromatic rings. The Hall–Kier alpha value is -2.04. The van der Waals surface area contributed by atoms with Crippen molar-refractivity contribution in [3.8, 4) is 5.75 Å². The van der Waals surface area contributed by atoms with Gasteiger partial charge in [0.15, 0.2) is 0 Å². The maximum absolute atomic E-state index is 6.02. The number of halogens is 1. The summed E-state index contributed by atoms with van der Waals surface area (Å²) < 4.78 is 12.4. The Morgan fingerprint density at radius 3 is 2.62 bits per heavy atom. The molecular formula is C20H20BrNO2. The van der Waals surface area contributed by atoms with Crippen LogP contribution in [0.5, 0.6) is 5.75 Å². The molecule has 0 aliphatic heterocycles. The third-order valence-electron chi connectivity index (χ3n) is 3.73. The van der Waals surface area contributed by atoms with Gasteiger partial charge in [0.1, 0.15) is 18.1 Å². The van der Waals surface area contributed by atoms with Crippen molar-refractivity contribution in [2.75, 3.05) is 0 Å². The van der Waals surface area contributed by atoms with Crippen LogP contribution in [0.3, 0.4) is 0 Å². The molecule has 0 aliphatic carbocycles. The van der Waals surface area contributed by atoms with Crippen molar-refractivity contribution in [2.24, 2.45) is 0 Å². The van der Waals surface area contributed by atoms with E-state index in [0.717, 1.165) is 27.1 Å². The van der Waals surface area contributed by atoms with Crippen molar-refractivity contribution in [1.82, 2.24) is 5.32 Å². The largest absolute Gasteiger partial charge is 0.489 e. The second kappa shape index (κ2) is 8.18. The summed E-state index contributed by atoms with van der Waals surface area (Å²) in [6.45, 7) is 4.05. The standard InChI is InChI=1S/C20H20BrNO2/c1-15-4-6-16(7-5-15)14-24-20-9-8-18(21)11-17(20)12-22-13-19-3-2-10-23-19/h2-11,22H,12-14H2,1H3. The minimum Gasteiger partial charge on any atom is -0.489 e. The smallest absolute Gasteiger partial charge is 0.124 e. The van der Waals surface area contributed by atoms with Crippen molar-refractivity contribution >= 4 is 15.9 Å². The summed E-state index contributed by atoms with van der Waals surface area (Å²) in [4.78, 5) is 0. The van der Waals surface area contributed by atoms with E-state index in [1.165, 1.54) is 5.56 Å². The van der Waals surface area contributed by atoms with Gasteiger partial charge >= 0.3 is 0 Å². The molecule has 0 amide bonds. The zero-order chi connectivity index (χ0) is 16.8. The molecule has 124 valence electrons. The minimum absolute atomic E-state index is 0.563. The molecule has 0 atom stereocenters. The number of aryl methyl sites for hydroxylation is 1. The Bertz CT molecular complexity index is 767. The molecule has 1 aromatic heterocycles. The predicted octanol–water partition coefficient (Wildman–Crippen LogP) is 5.22. The Morgan fingerprint density at radius 2 is 1.88 bits per heavy atom. The molecule has 1 N–H and O–H groups in total. The molecule has 0 radical (unpaired) electrons. The van der Waals surface area contributed by atoms with Gasteiger partial charge in [0, 0.05) is 16.6 Å². The van der Waals surface area contributed by atoms with Gasteiger partial charge in [0.05, 0.1) is 12.8 Å². The molecule has 3 nitrogen and oxygen atoms in total. The van der Waals surface area contributed by atoms with E-state index in [2.05, 4.69) is 58.5 Å². The lowest BCUT2D eigenvalue weighted by Gasteiger charge is -2.13. The highest BCUT2D eigenvalue weighted by Gasteiger charge is 2.06. The van der Waals surface area contributed by atoms with E-state index in [9.17, 15) is 0 Å². The van der Waals surface area contributed by atoms with Gasteiger partial charge in [-0.15, -0.1) is 0 Å². The zero-order valence-corrected chi connectivity index (χ0v) is 15.2. The topological polar surface area (TPSA) is 34.4 Å². The fourth-order valence-electron chi connectivity index (χ4n) is 2.41. The monoisotopic (exact) mass is 385 g/mol. The molecule has 0 unspecified atom stereocenters. The Labute approximate surface area is 150 Å². The molecule has 0 fully saturated rings. The molecule has 0 saturated carbocycles. The van der Waals surface area contributed by atoms with E-state index in [1.54, 1.807) is 6.26 Å². The van der Waals surface area contributed by atoms with Crippen molar-refractivity contribution < 1.29 is 9.15 Å². The summed E-state index contributed by atoms with van der Waals surface area (Å²) in [5.41, 5.74) is 3.53. The molecule has 1 heterocycles. The first-order valence-corrected chi connectivity index (χ1v) is 8.70. The van der Waals surface area contributed by atoms with Crippen molar-refractivity contribution in [1.29, 1.82) is 0 Å². The van der Waals surface area contributed by atoms with Gasteiger partial charge in [-0.3, -0.25) is 0 Å². The number of benzene rings is 2. The second-order valence-corrected chi connectivity index (χ2v) is 6.62. The van der Waals surface area contributed by atoms with Gasteiger partial charge in [-0.1, -0.05) is 45.8 Å². The van der Waals surface area contributed by atoms with Crippen LogP contribution in [-0.2, 0) is 19.7 Å². The van der Waals surface area contributed by atoms with E-state index in [-0.39, 0.29) is 0 Å². The normalized spacial score (nSPS) is 10.8. The van der Waals surface area contributed by atoms with E-state index in [4.69, 9.17) is 9.15 Å².